The van der Waals surface area contributed by atoms with Crippen molar-refractivity contribution in [2.45, 2.75) is 39.5 Å². The van der Waals surface area contributed by atoms with Crippen molar-refractivity contribution < 1.29 is 19.4 Å². The number of unbranched alkanes of at least 4 members (excludes halogenated alkanes) is 1. The van der Waals surface area contributed by atoms with Gasteiger partial charge < -0.3 is 9.84 Å². The van der Waals surface area contributed by atoms with E-state index in [1.165, 1.54) is 0 Å². The molecule has 0 radical (unpaired) electrons. The molecule has 1 unspecified atom stereocenters. The molecule has 0 aromatic rings. The van der Waals surface area contributed by atoms with Gasteiger partial charge in [0.1, 0.15) is 0 Å². The molecule has 0 aromatic heterocycles. The van der Waals surface area contributed by atoms with Crippen LogP contribution in [0.1, 0.15) is 39.5 Å². The Balaban J connectivity index is 0. The maximum atomic E-state index is 11.1. The van der Waals surface area contributed by atoms with Crippen molar-refractivity contribution in [3.05, 3.63) is 12.2 Å². The van der Waals surface area contributed by atoms with Gasteiger partial charge in [-0.05, 0) is 12.3 Å². The number of rotatable bonds is 8. The molecule has 0 aliphatic rings. The van der Waals surface area contributed by atoms with Gasteiger partial charge in [-0.2, -0.15) is 0 Å². The summed E-state index contributed by atoms with van der Waals surface area (Å²) in [5.74, 6) is -1.35. The maximum absolute atomic E-state index is 11.1. The van der Waals surface area contributed by atoms with Crippen molar-refractivity contribution in [1.29, 1.82) is 0 Å². The number of hydrogen-bond donors (Lipinski definition) is 1. The molecule has 0 aromatic carbocycles. The van der Waals surface area contributed by atoms with E-state index in [4.69, 9.17) is 9.84 Å². The second-order valence-electron chi connectivity index (χ2n) is 3.72. The second kappa shape index (κ2) is 12.1. The zero-order valence-corrected chi connectivity index (χ0v) is 9.94. The predicted molar refractivity (Wildman–Crippen MR) is 68.2 cm³/mol. The fourth-order valence-electron chi connectivity index (χ4n) is 1.29. The van der Waals surface area contributed by atoms with Gasteiger partial charge in [0.25, 0.3) is 0 Å². The first-order valence-corrected chi connectivity index (χ1v) is 5.67. The van der Waals surface area contributed by atoms with E-state index in [2.05, 4.69) is 13.8 Å². The molecule has 0 bridgehead atoms. The minimum atomic E-state index is -1.14. The standard InChI is InChI=1S/C12H20O4.Na.H/c1-3-5-6-10(4-2)9-16-12(15)8-7-11(13)14;;/h7-8,10H,3-6,9H2,1-2H3,(H,13,14);;/b8-7-;;. The van der Waals surface area contributed by atoms with Gasteiger partial charge in [0.2, 0.25) is 0 Å². The van der Waals surface area contributed by atoms with Gasteiger partial charge in [0.15, 0.2) is 0 Å². The summed E-state index contributed by atoms with van der Waals surface area (Å²) in [6.07, 6.45) is 5.99. The predicted octanol–water partition coefficient (Wildman–Crippen LogP) is 1.74. The van der Waals surface area contributed by atoms with Gasteiger partial charge >= 0.3 is 41.5 Å². The molecule has 0 rings (SSSR count). The molecule has 4 nitrogen and oxygen atoms in total. The molecule has 0 fully saturated rings. The average molecular weight is 252 g/mol. The van der Waals surface area contributed by atoms with Crippen LogP contribution < -0.4 is 0 Å². The summed E-state index contributed by atoms with van der Waals surface area (Å²) in [5, 5.41) is 8.31. The van der Waals surface area contributed by atoms with Gasteiger partial charge in [-0.25, -0.2) is 9.59 Å². The number of esters is 1. The van der Waals surface area contributed by atoms with Crippen molar-refractivity contribution in [1.82, 2.24) is 0 Å². The summed E-state index contributed by atoms with van der Waals surface area (Å²) >= 11 is 0. The van der Waals surface area contributed by atoms with Gasteiger partial charge in [-0.1, -0.05) is 33.1 Å². The molecule has 94 valence electrons. The Bertz CT molecular complexity index is 251. The van der Waals surface area contributed by atoms with Crippen molar-refractivity contribution in [3.63, 3.8) is 0 Å². The van der Waals surface area contributed by atoms with E-state index < -0.39 is 11.9 Å². The van der Waals surface area contributed by atoms with Crippen LogP contribution in [0.4, 0.5) is 0 Å². The van der Waals surface area contributed by atoms with Gasteiger partial charge in [-0.15, -0.1) is 0 Å². The van der Waals surface area contributed by atoms with Crippen LogP contribution in [0.5, 0.6) is 0 Å². The summed E-state index contributed by atoms with van der Waals surface area (Å²) < 4.78 is 4.95. The Morgan fingerprint density at radius 2 is 1.94 bits per heavy atom. The number of hydrogen-bond acceptors (Lipinski definition) is 3. The van der Waals surface area contributed by atoms with Gasteiger partial charge in [0.05, 0.1) is 6.61 Å². The quantitative estimate of drug-likeness (QED) is 0.406. The van der Waals surface area contributed by atoms with Crippen LogP contribution in [-0.2, 0) is 14.3 Å². The number of carbonyl (C=O) groups is 2. The first-order valence-electron chi connectivity index (χ1n) is 5.67. The molecule has 0 spiro atoms. The summed E-state index contributed by atoms with van der Waals surface area (Å²) in [5.41, 5.74) is 0. The van der Waals surface area contributed by atoms with Crippen LogP contribution in [0, 0.1) is 5.92 Å². The van der Waals surface area contributed by atoms with E-state index in [-0.39, 0.29) is 29.6 Å². The first kappa shape index (κ1) is 19.0. The fourth-order valence-corrected chi connectivity index (χ4v) is 1.29. The Morgan fingerprint density at radius 1 is 1.29 bits per heavy atom. The first-order chi connectivity index (χ1) is 7.60. The molecule has 0 heterocycles. The third-order valence-corrected chi connectivity index (χ3v) is 2.37. The molecule has 0 saturated heterocycles. The third kappa shape index (κ3) is 11.9. The van der Waals surface area contributed by atoms with E-state index in [1.54, 1.807) is 0 Å². The number of carbonyl (C=O) groups excluding carboxylic acids is 1. The van der Waals surface area contributed by atoms with E-state index in [0.717, 1.165) is 37.8 Å². The normalized spacial score (nSPS) is 11.9. The van der Waals surface area contributed by atoms with Gasteiger partial charge in [0, 0.05) is 12.2 Å². The second-order valence-corrected chi connectivity index (χ2v) is 3.72. The van der Waals surface area contributed by atoms with Crippen LogP contribution in [0.2, 0.25) is 0 Å². The Labute approximate surface area is 125 Å². The zero-order chi connectivity index (χ0) is 12.4. The Kier molecular flexibility index (Phi) is 13.6. The molecule has 0 aliphatic heterocycles. The minimum absolute atomic E-state index is 0. The average Bonchev–Trinajstić information content (AvgIpc) is 2.26. The topological polar surface area (TPSA) is 63.6 Å². The molecule has 0 aliphatic carbocycles. The SMILES string of the molecule is CCCCC(CC)COC(=O)/C=C\C(=O)O.[NaH]. The molecule has 5 heteroatoms. The molecule has 17 heavy (non-hydrogen) atoms. The molecular formula is C12H21NaO4. The molecule has 1 atom stereocenters. The third-order valence-electron chi connectivity index (χ3n) is 2.37. The van der Waals surface area contributed by atoms with Crippen LogP contribution in [0.15, 0.2) is 12.2 Å². The van der Waals surface area contributed by atoms with Gasteiger partial charge in [-0.3, -0.25) is 0 Å². The fraction of sp³-hybridized carbons (Fsp3) is 0.667. The van der Waals surface area contributed by atoms with E-state index in [9.17, 15) is 9.59 Å². The van der Waals surface area contributed by atoms with Crippen LogP contribution in [0.25, 0.3) is 0 Å². The Hall–Kier alpha value is -0.320. The summed E-state index contributed by atoms with van der Waals surface area (Å²) in [7, 11) is 0. The summed E-state index contributed by atoms with van der Waals surface area (Å²) in [6, 6.07) is 0. The van der Waals surface area contributed by atoms with Crippen LogP contribution in [0.3, 0.4) is 0 Å². The molecule has 0 amide bonds. The number of carboxylic acids is 1. The van der Waals surface area contributed by atoms with Crippen molar-refractivity contribution in [3.8, 4) is 0 Å². The van der Waals surface area contributed by atoms with E-state index >= 15 is 0 Å². The number of ether oxygens (including phenoxy) is 1. The van der Waals surface area contributed by atoms with Crippen molar-refractivity contribution in [2.24, 2.45) is 5.92 Å². The number of aliphatic carboxylic acids is 1. The molecule has 0 saturated carbocycles. The van der Waals surface area contributed by atoms with Crippen LogP contribution in [-0.4, -0.2) is 53.2 Å². The summed E-state index contributed by atoms with van der Waals surface area (Å²) in [6.45, 7) is 4.55. The van der Waals surface area contributed by atoms with Crippen molar-refractivity contribution >= 4 is 41.5 Å². The number of carboxylic acid groups (broad SMARTS) is 1. The zero-order valence-electron chi connectivity index (χ0n) is 9.94. The molecular weight excluding hydrogens is 231 g/mol. The van der Waals surface area contributed by atoms with Crippen molar-refractivity contribution in [2.75, 3.05) is 6.61 Å². The van der Waals surface area contributed by atoms with E-state index in [0.29, 0.717) is 12.5 Å². The van der Waals surface area contributed by atoms with E-state index in [1.807, 2.05) is 0 Å². The van der Waals surface area contributed by atoms with Crippen LogP contribution >= 0.6 is 0 Å². The Morgan fingerprint density at radius 3 is 2.41 bits per heavy atom. The monoisotopic (exact) mass is 252 g/mol. The molecule has 1 N–H and O–H groups in total. The summed E-state index contributed by atoms with van der Waals surface area (Å²) in [4.78, 5) is 21.2.